The Labute approximate surface area is 129 Å². The van der Waals surface area contributed by atoms with Gasteiger partial charge in [0.15, 0.2) is 0 Å². The van der Waals surface area contributed by atoms with E-state index in [2.05, 4.69) is 12.0 Å². The molecule has 5 heteroatoms. The molecule has 1 aromatic carbocycles. The molecule has 0 aliphatic carbocycles. The molecule has 0 amide bonds. The average molecular weight is 300 g/mol. The highest BCUT2D eigenvalue weighted by atomic mass is 16.4. The van der Waals surface area contributed by atoms with Gasteiger partial charge in [0.1, 0.15) is 5.56 Å². The molecule has 1 heterocycles. The number of benzene rings is 1. The minimum absolute atomic E-state index is 0.199. The van der Waals surface area contributed by atoms with Crippen LogP contribution in [0.3, 0.4) is 0 Å². The van der Waals surface area contributed by atoms with Crippen molar-refractivity contribution >= 4 is 5.97 Å². The van der Waals surface area contributed by atoms with E-state index in [1.165, 1.54) is 16.3 Å². The van der Waals surface area contributed by atoms with Gasteiger partial charge in [0.2, 0.25) is 0 Å². The fourth-order valence-corrected chi connectivity index (χ4v) is 2.22. The maximum Gasteiger partial charge on any atom is 0.341 e. The van der Waals surface area contributed by atoms with E-state index in [-0.39, 0.29) is 11.5 Å². The second kappa shape index (κ2) is 6.56. The summed E-state index contributed by atoms with van der Waals surface area (Å²) in [6.07, 6.45) is 0.931. The molecule has 22 heavy (non-hydrogen) atoms. The number of hydrogen-bond acceptors (Lipinski definition) is 3. The van der Waals surface area contributed by atoms with Crippen LogP contribution in [0.15, 0.2) is 35.1 Å². The molecule has 0 saturated heterocycles. The quantitative estimate of drug-likeness (QED) is 0.921. The van der Waals surface area contributed by atoms with E-state index >= 15 is 0 Å². The van der Waals surface area contributed by atoms with Gasteiger partial charge in [-0.25, -0.2) is 9.48 Å². The second-order valence-corrected chi connectivity index (χ2v) is 5.68. The van der Waals surface area contributed by atoms with E-state index < -0.39 is 11.5 Å². The van der Waals surface area contributed by atoms with Crippen LogP contribution in [-0.4, -0.2) is 20.9 Å². The summed E-state index contributed by atoms with van der Waals surface area (Å²) in [5.74, 6) is -1.03. The first-order chi connectivity index (χ1) is 10.4. The summed E-state index contributed by atoms with van der Waals surface area (Å²) in [7, 11) is 0. The van der Waals surface area contributed by atoms with E-state index in [1.54, 1.807) is 0 Å². The average Bonchev–Trinajstić information content (AvgIpc) is 2.48. The molecule has 116 valence electrons. The summed E-state index contributed by atoms with van der Waals surface area (Å²) < 4.78 is 1.25. The largest absolute Gasteiger partial charge is 0.477 e. The van der Waals surface area contributed by atoms with Gasteiger partial charge >= 0.3 is 5.97 Å². The maximum absolute atomic E-state index is 12.1. The van der Waals surface area contributed by atoms with Crippen molar-refractivity contribution in [2.45, 2.75) is 33.7 Å². The van der Waals surface area contributed by atoms with Crippen LogP contribution in [0.2, 0.25) is 0 Å². The third-order valence-corrected chi connectivity index (χ3v) is 3.40. The fourth-order valence-electron chi connectivity index (χ4n) is 2.22. The predicted molar refractivity (Wildman–Crippen MR) is 85.1 cm³/mol. The van der Waals surface area contributed by atoms with Gasteiger partial charge in [-0.3, -0.25) is 4.79 Å². The molecule has 0 atom stereocenters. The van der Waals surface area contributed by atoms with Gasteiger partial charge in [-0.15, -0.1) is 0 Å². The van der Waals surface area contributed by atoms with E-state index in [0.29, 0.717) is 12.2 Å². The first-order valence-corrected chi connectivity index (χ1v) is 7.37. The molecule has 0 radical (unpaired) electrons. The Morgan fingerprint density at radius 3 is 2.41 bits per heavy atom. The normalized spacial score (nSPS) is 10.9. The molecule has 0 unspecified atom stereocenters. The van der Waals surface area contributed by atoms with E-state index in [4.69, 9.17) is 0 Å². The smallest absolute Gasteiger partial charge is 0.341 e. The molecule has 2 aromatic rings. The van der Waals surface area contributed by atoms with Gasteiger partial charge in [-0.1, -0.05) is 45.0 Å². The number of rotatable bonds is 5. The highest BCUT2D eigenvalue weighted by Gasteiger charge is 2.16. The van der Waals surface area contributed by atoms with Gasteiger partial charge in [0, 0.05) is 12.1 Å². The molecule has 5 nitrogen and oxygen atoms in total. The molecule has 0 fully saturated rings. The minimum atomic E-state index is -1.23. The summed E-state index contributed by atoms with van der Waals surface area (Å²) in [5, 5.41) is 13.6. The molecule has 2 rings (SSSR count). The van der Waals surface area contributed by atoms with Crippen LogP contribution in [0, 0.1) is 5.92 Å². The number of carboxylic acids is 1. The van der Waals surface area contributed by atoms with E-state index in [1.807, 2.05) is 38.1 Å². The Balaban J connectivity index is 2.57. The number of aromatic nitrogens is 2. The topological polar surface area (TPSA) is 72.2 Å². The molecule has 0 bridgehead atoms. The Morgan fingerprint density at radius 2 is 1.91 bits per heavy atom. The van der Waals surface area contributed by atoms with Crippen molar-refractivity contribution < 1.29 is 9.90 Å². The van der Waals surface area contributed by atoms with Gasteiger partial charge in [0.25, 0.3) is 5.56 Å². The van der Waals surface area contributed by atoms with Gasteiger partial charge < -0.3 is 5.11 Å². The molecule has 0 spiro atoms. The van der Waals surface area contributed by atoms with Crippen molar-refractivity contribution in [2.75, 3.05) is 0 Å². The van der Waals surface area contributed by atoms with Crippen LogP contribution < -0.4 is 5.56 Å². The number of aryl methyl sites for hydroxylation is 1. The van der Waals surface area contributed by atoms with Gasteiger partial charge in [0.05, 0.1) is 5.69 Å². The molecule has 1 aromatic heterocycles. The number of hydrogen-bond donors (Lipinski definition) is 1. The zero-order chi connectivity index (χ0) is 16.3. The summed E-state index contributed by atoms with van der Waals surface area (Å²) in [6.45, 7) is 6.37. The maximum atomic E-state index is 12.1. The van der Waals surface area contributed by atoms with Crippen LogP contribution in [0.5, 0.6) is 0 Å². The van der Waals surface area contributed by atoms with Crippen LogP contribution in [0.25, 0.3) is 11.3 Å². The van der Waals surface area contributed by atoms with Gasteiger partial charge in [-0.2, -0.15) is 5.10 Å². The summed E-state index contributed by atoms with van der Waals surface area (Å²) in [5.41, 5.74) is 1.69. The van der Waals surface area contributed by atoms with E-state index in [0.717, 1.165) is 12.0 Å². The predicted octanol–water partition coefficient (Wildman–Crippen LogP) is 2.83. The van der Waals surface area contributed by atoms with Crippen LogP contribution in [-0.2, 0) is 13.0 Å². The van der Waals surface area contributed by atoms with Crippen LogP contribution in [0.1, 0.15) is 36.7 Å². The first-order valence-electron chi connectivity index (χ1n) is 7.37. The summed E-state index contributed by atoms with van der Waals surface area (Å²) in [6, 6.07) is 9.11. The first kappa shape index (κ1) is 15.9. The Kier molecular flexibility index (Phi) is 4.75. The summed E-state index contributed by atoms with van der Waals surface area (Å²) in [4.78, 5) is 23.5. The lowest BCUT2D eigenvalue weighted by Crippen LogP contribution is -2.30. The minimum Gasteiger partial charge on any atom is -0.477 e. The van der Waals surface area contributed by atoms with Crippen LogP contribution in [0.4, 0.5) is 0 Å². The van der Waals surface area contributed by atoms with Crippen molar-refractivity contribution in [3.8, 4) is 11.3 Å². The molecule has 0 aliphatic heterocycles. The standard InChI is InChI=1S/C17H20N2O3/c1-4-12-5-7-13(8-6-12)15-9-14(17(21)22)16(20)19(18-15)10-11(2)3/h5-9,11H,4,10H2,1-3H3,(H,21,22). The lowest BCUT2D eigenvalue weighted by Gasteiger charge is -2.11. The van der Waals surface area contributed by atoms with Crippen molar-refractivity contribution in [1.29, 1.82) is 0 Å². The monoisotopic (exact) mass is 300 g/mol. The van der Waals surface area contributed by atoms with Crippen molar-refractivity contribution in [2.24, 2.45) is 5.92 Å². The number of nitrogens with zero attached hydrogens (tertiary/aromatic N) is 2. The third kappa shape index (κ3) is 3.42. The zero-order valence-electron chi connectivity index (χ0n) is 13.0. The Bertz CT molecular complexity index is 731. The molecular weight excluding hydrogens is 280 g/mol. The Hall–Kier alpha value is -2.43. The lowest BCUT2D eigenvalue weighted by molar-refractivity contribution is 0.0693. The molecular formula is C17H20N2O3. The number of aromatic carboxylic acids is 1. The second-order valence-electron chi connectivity index (χ2n) is 5.68. The highest BCUT2D eigenvalue weighted by molar-refractivity contribution is 5.88. The highest BCUT2D eigenvalue weighted by Crippen LogP contribution is 2.18. The van der Waals surface area contributed by atoms with Crippen molar-refractivity contribution in [1.82, 2.24) is 9.78 Å². The van der Waals surface area contributed by atoms with E-state index in [9.17, 15) is 14.7 Å². The summed E-state index contributed by atoms with van der Waals surface area (Å²) >= 11 is 0. The molecule has 1 N–H and O–H groups in total. The SMILES string of the molecule is CCc1ccc(-c2cc(C(=O)O)c(=O)n(CC(C)C)n2)cc1. The molecule has 0 saturated carbocycles. The number of carbonyl (C=O) groups is 1. The van der Waals surface area contributed by atoms with Crippen molar-refractivity contribution in [3.63, 3.8) is 0 Å². The lowest BCUT2D eigenvalue weighted by atomic mass is 10.1. The molecule has 0 aliphatic rings. The van der Waals surface area contributed by atoms with Crippen molar-refractivity contribution in [3.05, 3.63) is 51.8 Å². The third-order valence-electron chi connectivity index (χ3n) is 3.40. The Morgan fingerprint density at radius 1 is 1.27 bits per heavy atom. The van der Waals surface area contributed by atoms with Crippen LogP contribution >= 0.6 is 0 Å². The number of carboxylic acid groups (broad SMARTS) is 1. The zero-order valence-corrected chi connectivity index (χ0v) is 13.0. The fraction of sp³-hybridized carbons (Fsp3) is 0.353. The van der Waals surface area contributed by atoms with Gasteiger partial charge in [-0.05, 0) is 24.0 Å².